The predicted molar refractivity (Wildman–Crippen MR) is 151 cm³/mol. The summed E-state index contributed by atoms with van der Waals surface area (Å²) >= 11 is 0. The van der Waals surface area contributed by atoms with E-state index in [1.807, 2.05) is 12.1 Å². The average Bonchev–Trinajstić information content (AvgIpc) is 3.74. The average molecular weight is 566 g/mol. The normalized spacial score (nSPS) is 11.9. The van der Waals surface area contributed by atoms with Gasteiger partial charge in [-0.3, -0.25) is 40.5 Å². The van der Waals surface area contributed by atoms with Crippen molar-refractivity contribution in [2.75, 3.05) is 0 Å². The van der Waals surface area contributed by atoms with Crippen molar-refractivity contribution in [3.63, 3.8) is 0 Å². The van der Waals surface area contributed by atoms with Gasteiger partial charge in [0.05, 0.1) is 48.0 Å². The molecule has 206 valence electrons. The number of nitro benzene ring substituents is 4. The van der Waals surface area contributed by atoms with Gasteiger partial charge in [0.2, 0.25) is 0 Å². The zero-order chi connectivity index (χ0) is 29.7. The minimum absolute atomic E-state index is 0.0642. The van der Waals surface area contributed by atoms with Crippen LogP contribution in [0.5, 0.6) is 0 Å². The van der Waals surface area contributed by atoms with Crippen molar-refractivity contribution in [3.8, 4) is 11.1 Å². The van der Waals surface area contributed by atoms with Crippen LogP contribution in [0.15, 0.2) is 48.5 Å². The zero-order valence-corrected chi connectivity index (χ0v) is 20.9. The first kappa shape index (κ1) is 25.7. The van der Waals surface area contributed by atoms with Crippen LogP contribution in [0, 0.1) is 40.5 Å². The number of H-pyrrole nitrogens is 2. The molecule has 2 N–H and O–H groups in total. The molecule has 0 spiro atoms. The van der Waals surface area contributed by atoms with Gasteiger partial charge in [0.25, 0.3) is 0 Å². The summed E-state index contributed by atoms with van der Waals surface area (Å²) < 4.78 is 0. The van der Waals surface area contributed by atoms with Crippen LogP contribution in [-0.4, -0.2) is 39.6 Å². The van der Waals surface area contributed by atoms with Gasteiger partial charge in [-0.15, -0.1) is 0 Å². The van der Waals surface area contributed by atoms with Gasteiger partial charge in [0.15, 0.2) is 0 Å². The smallest absolute Gasteiger partial charge is 0.355 e. The Kier molecular flexibility index (Phi) is 5.85. The molecule has 0 radical (unpaired) electrons. The Morgan fingerprint density at radius 3 is 1.64 bits per heavy atom. The lowest BCUT2D eigenvalue weighted by molar-refractivity contribution is -0.451. The molecule has 0 amide bonds. The third-order valence-corrected chi connectivity index (χ3v) is 6.46. The lowest BCUT2D eigenvalue weighted by Gasteiger charge is -2.07. The van der Waals surface area contributed by atoms with E-state index in [1.165, 1.54) is 12.1 Å². The molecule has 0 fully saturated rings. The fourth-order valence-corrected chi connectivity index (χ4v) is 4.79. The molecule has 16 nitrogen and oxygen atoms in total. The van der Waals surface area contributed by atoms with E-state index in [1.54, 1.807) is 42.5 Å². The third-order valence-electron chi connectivity index (χ3n) is 6.46. The van der Waals surface area contributed by atoms with Crippen molar-refractivity contribution in [1.29, 1.82) is 0 Å². The molecular formula is C26H14N8O8. The van der Waals surface area contributed by atoms with E-state index < -0.39 is 48.0 Å². The lowest BCUT2D eigenvalue weighted by Crippen LogP contribution is -2.07. The zero-order valence-electron chi connectivity index (χ0n) is 20.9. The van der Waals surface area contributed by atoms with E-state index in [2.05, 4.69) is 19.9 Å². The first-order chi connectivity index (χ1) is 20.1. The molecule has 0 saturated carbocycles. The Hall–Kier alpha value is -6.58. The van der Waals surface area contributed by atoms with Crippen LogP contribution in [-0.2, 0) is 0 Å². The second-order valence-electron chi connectivity index (χ2n) is 9.07. The molecule has 0 unspecified atom stereocenters. The van der Waals surface area contributed by atoms with Crippen LogP contribution in [0.1, 0.15) is 22.8 Å². The van der Waals surface area contributed by atoms with Crippen molar-refractivity contribution in [1.82, 2.24) is 19.9 Å². The number of benzene rings is 1. The third kappa shape index (κ3) is 4.39. The highest BCUT2D eigenvalue weighted by atomic mass is 16.7. The minimum atomic E-state index is -1.62. The number of nitrogens with zero attached hydrogens (tertiary/aromatic N) is 6. The Morgan fingerprint density at radius 1 is 0.548 bits per heavy atom. The fraction of sp³-hybridized carbons (Fsp3) is 0. The Balaban J connectivity index is 1.81. The van der Waals surface area contributed by atoms with Gasteiger partial charge in [0.1, 0.15) is 0 Å². The first-order valence-corrected chi connectivity index (χ1v) is 12.0. The van der Waals surface area contributed by atoms with Gasteiger partial charge in [-0.25, -0.2) is 9.97 Å². The molecule has 2 aliphatic heterocycles. The van der Waals surface area contributed by atoms with Crippen LogP contribution in [0.25, 0.3) is 57.5 Å². The number of hydrogen-bond donors (Lipinski definition) is 2. The number of rotatable bonds is 5. The van der Waals surface area contributed by atoms with Gasteiger partial charge in [-0.1, -0.05) is 0 Å². The molecule has 5 heterocycles. The maximum Gasteiger partial charge on any atom is 0.430 e. The van der Waals surface area contributed by atoms with Crippen LogP contribution < -0.4 is 0 Å². The van der Waals surface area contributed by atoms with Gasteiger partial charge in [-0.05, 0) is 66.8 Å². The van der Waals surface area contributed by atoms with Gasteiger partial charge in [0, 0.05) is 33.7 Å². The molecule has 0 atom stereocenters. The Morgan fingerprint density at radius 2 is 1.07 bits per heavy atom. The van der Waals surface area contributed by atoms with Gasteiger partial charge < -0.3 is 9.97 Å². The topological polar surface area (TPSA) is 230 Å². The highest BCUT2D eigenvalue weighted by Gasteiger charge is 2.47. The second kappa shape index (κ2) is 9.56. The molecular weight excluding hydrogens is 552 g/mol. The summed E-state index contributed by atoms with van der Waals surface area (Å²) in [4.78, 5) is 58.1. The molecule has 16 heteroatoms. The van der Waals surface area contributed by atoms with Gasteiger partial charge in [-0.2, -0.15) is 0 Å². The number of nitro groups is 4. The standard InChI is InChI=1S/C26H14N8O8/c35-31(36)22-12-19(24(32(37)38)26(34(41)42)25(22)33(39)40)23-20-7-5-17(29-20)10-15-3-1-13(27-15)9-14-2-4-16(28-14)11-18-6-8-21(23)30-18/h1-12,27,30H. The van der Waals surface area contributed by atoms with Crippen molar-refractivity contribution >= 4 is 69.1 Å². The number of aromatic amines is 2. The number of hydrogen-bond acceptors (Lipinski definition) is 10. The Labute approximate surface area is 231 Å². The van der Waals surface area contributed by atoms with Crippen molar-refractivity contribution in [2.24, 2.45) is 0 Å². The molecule has 0 aliphatic carbocycles. The fourth-order valence-electron chi connectivity index (χ4n) is 4.79. The highest BCUT2D eigenvalue weighted by Crippen LogP contribution is 2.50. The largest absolute Gasteiger partial charge is 0.430 e. The molecule has 1 aromatic carbocycles. The predicted octanol–water partition coefficient (Wildman–Crippen LogP) is 5.96. The molecule has 6 rings (SSSR count). The summed E-state index contributed by atoms with van der Waals surface area (Å²) in [5.41, 5.74) is -2.75. The van der Waals surface area contributed by atoms with Crippen LogP contribution in [0.2, 0.25) is 0 Å². The summed E-state index contributed by atoms with van der Waals surface area (Å²) in [7, 11) is 0. The van der Waals surface area contributed by atoms with Crippen molar-refractivity contribution in [2.45, 2.75) is 0 Å². The maximum atomic E-state index is 12.3. The summed E-state index contributed by atoms with van der Waals surface area (Å²) in [5.74, 6) is 0. The van der Waals surface area contributed by atoms with Crippen molar-refractivity contribution in [3.05, 3.63) is 112 Å². The quantitative estimate of drug-likeness (QED) is 0.184. The number of fused-ring (bicyclic) bond motifs is 8. The SMILES string of the molecule is O=[N+]([O-])c1cc(-c2c3nc(cc4ccc(cc5nc(cc6ccc2[nH]6)C=C5)[nH]4)C=C3)c([N+](=O)[O-])c([N+](=O)[O-])c1[N+](=O)[O-]. The van der Waals surface area contributed by atoms with E-state index in [4.69, 9.17) is 0 Å². The summed E-state index contributed by atoms with van der Waals surface area (Å²) in [6.07, 6.45) is 6.63. The van der Waals surface area contributed by atoms with Crippen LogP contribution >= 0.6 is 0 Å². The van der Waals surface area contributed by atoms with Gasteiger partial charge >= 0.3 is 22.7 Å². The second-order valence-corrected chi connectivity index (χ2v) is 9.07. The molecule has 3 aromatic heterocycles. The lowest BCUT2D eigenvalue weighted by atomic mass is 9.98. The van der Waals surface area contributed by atoms with Crippen molar-refractivity contribution < 1.29 is 19.7 Å². The van der Waals surface area contributed by atoms with E-state index in [-0.39, 0.29) is 16.8 Å². The van der Waals surface area contributed by atoms with Crippen LogP contribution in [0.3, 0.4) is 0 Å². The first-order valence-electron chi connectivity index (χ1n) is 12.0. The minimum Gasteiger partial charge on any atom is -0.355 e. The highest BCUT2D eigenvalue weighted by molar-refractivity contribution is 5.98. The summed E-state index contributed by atoms with van der Waals surface area (Å²) in [5, 5.41) is 47.9. The number of aromatic nitrogens is 4. The monoisotopic (exact) mass is 566 g/mol. The van der Waals surface area contributed by atoms with E-state index >= 15 is 0 Å². The molecule has 42 heavy (non-hydrogen) atoms. The molecule has 0 saturated heterocycles. The van der Waals surface area contributed by atoms with Crippen LogP contribution in [0.4, 0.5) is 22.7 Å². The summed E-state index contributed by atoms with van der Waals surface area (Å²) in [6, 6.07) is 12.5. The maximum absolute atomic E-state index is 12.3. The number of nitrogens with one attached hydrogen (secondary N) is 2. The van der Waals surface area contributed by atoms with E-state index in [0.717, 1.165) is 5.52 Å². The Bertz CT molecular complexity index is 2130. The molecule has 2 aliphatic rings. The van der Waals surface area contributed by atoms with E-state index in [0.29, 0.717) is 34.2 Å². The molecule has 4 aromatic rings. The molecule has 8 bridgehead atoms. The van der Waals surface area contributed by atoms with E-state index in [9.17, 15) is 40.5 Å². The summed E-state index contributed by atoms with van der Waals surface area (Å²) in [6.45, 7) is 0.